The maximum atomic E-state index is 14.0. The quantitative estimate of drug-likeness (QED) is 0.893. The van der Waals surface area contributed by atoms with Crippen LogP contribution in [0.2, 0.25) is 0 Å². The number of nitrogens with one attached hydrogen (secondary N) is 1. The van der Waals surface area contributed by atoms with Gasteiger partial charge in [0.15, 0.2) is 0 Å². The van der Waals surface area contributed by atoms with Crippen LogP contribution in [0.1, 0.15) is 10.8 Å². The van der Waals surface area contributed by atoms with E-state index in [1.54, 1.807) is 37.4 Å². The number of hydrogen-bond donors (Lipinski definition) is 2. The molecule has 1 amide bonds. The molecule has 0 saturated heterocycles. The molecule has 1 aliphatic rings. The normalized spacial score (nSPS) is 20.8. The SMILES string of the molecule is COc1ccc([C@@H]2Sc3c(F)cccc3NC(=O)[C@H]2O)cc1. The van der Waals surface area contributed by atoms with Gasteiger partial charge < -0.3 is 15.2 Å². The number of thioether (sulfide) groups is 1. The molecule has 6 heteroatoms. The van der Waals surface area contributed by atoms with E-state index in [2.05, 4.69) is 5.32 Å². The number of carbonyl (C=O) groups is 1. The Morgan fingerprint density at radius 2 is 1.95 bits per heavy atom. The van der Waals surface area contributed by atoms with E-state index in [9.17, 15) is 14.3 Å². The van der Waals surface area contributed by atoms with E-state index in [1.165, 1.54) is 12.1 Å². The van der Waals surface area contributed by atoms with Gasteiger partial charge in [0.05, 0.1) is 22.9 Å². The summed E-state index contributed by atoms with van der Waals surface area (Å²) in [5.74, 6) is -0.291. The first kappa shape index (κ1) is 14.9. The Kier molecular flexibility index (Phi) is 4.04. The largest absolute Gasteiger partial charge is 0.497 e. The van der Waals surface area contributed by atoms with Crippen LogP contribution in [0.4, 0.5) is 10.1 Å². The van der Waals surface area contributed by atoms with Gasteiger partial charge in [0.2, 0.25) is 0 Å². The Morgan fingerprint density at radius 3 is 2.64 bits per heavy atom. The van der Waals surface area contributed by atoms with Crippen molar-refractivity contribution in [1.29, 1.82) is 0 Å². The van der Waals surface area contributed by atoms with Gasteiger partial charge >= 0.3 is 0 Å². The molecule has 0 unspecified atom stereocenters. The molecule has 4 nitrogen and oxygen atoms in total. The van der Waals surface area contributed by atoms with E-state index in [0.717, 1.165) is 17.3 Å². The number of anilines is 1. The minimum atomic E-state index is -1.27. The Labute approximate surface area is 131 Å². The zero-order valence-electron chi connectivity index (χ0n) is 11.7. The number of methoxy groups -OCH3 is 1. The third-order valence-electron chi connectivity index (χ3n) is 3.47. The number of amides is 1. The summed E-state index contributed by atoms with van der Waals surface area (Å²) in [5, 5.41) is 12.2. The number of halogens is 1. The zero-order chi connectivity index (χ0) is 15.7. The summed E-state index contributed by atoms with van der Waals surface area (Å²) in [4.78, 5) is 12.4. The topological polar surface area (TPSA) is 58.6 Å². The van der Waals surface area contributed by atoms with E-state index in [0.29, 0.717) is 16.3 Å². The van der Waals surface area contributed by atoms with Crippen molar-refractivity contribution in [3.63, 3.8) is 0 Å². The third kappa shape index (κ3) is 2.67. The molecule has 3 rings (SSSR count). The minimum absolute atomic E-state index is 0.327. The van der Waals surface area contributed by atoms with E-state index < -0.39 is 23.1 Å². The van der Waals surface area contributed by atoms with Gasteiger partial charge in [-0.15, -0.1) is 11.8 Å². The molecule has 0 aliphatic carbocycles. The first-order chi connectivity index (χ1) is 10.6. The molecule has 2 N–H and O–H groups in total. The molecular formula is C16H14FNO3S. The number of ether oxygens (including phenoxy) is 1. The number of carbonyl (C=O) groups excluding carboxylic acids is 1. The first-order valence-corrected chi connectivity index (χ1v) is 7.56. The first-order valence-electron chi connectivity index (χ1n) is 6.68. The highest BCUT2D eigenvalue weighted by Crippen LogP contribution is 2.45. The highest BCUT2D eigenvalue weighted by molar-refractivity contribution is 7.99. The van der Waals surface area contributed by atoms with E-state index >= 15 is 0 Å². The highest BCUT2D eigenvalue weighted by atomic mass is 32.2. The maximum Gasteiger partial charge on any atom is 0.254 e. The summed E-state index contributed by atoms with van der Waals surface area (Å²) in [6.07, 6.45) is -1.27. The Hall–Kier alpha value is -2.05. The molecule has 0 bridgehead atoms. The monoisotopic (exact) mass is 319 g/mol. The lowest BCUT2D eigenvalue weighted by molar-refractivity contribution is -0.124. The van der Waals surface area contributed by atoms with Gasteiger partial charge in [0.25, 0.3) is 5.91 Å². The van der Waals surface area contributed by atoms with Crippen molar-refractivity contribution in [3.05, 3.63) is 53.8 Å². The Bertz CT molecular complexity index is 705. The number of fused-ring (bicyclic) bond motifs is 1. The van der Waals surface area contributed by atoms with Crippen molar-refractivity contribution < 1.29 is 19.0 Å². The van der Waals surface area contributed by atoms with Crippen molar-refractivity contribution in [2.45, 2.75) is 16.2 Å². The van der Waals surface area contributed by atoms with Crippen LogP contribution in [-0.2, 0) is 4.79 Å². The maximum absolute atomic E-state index is 14.0. The molecule has 2 atom stereocenters. The van der Waals surface area contributed by atoms with Gasteiger partial charge in [0, 0.05) is 0 Å². The van der Waals surface area contributed by atoms with Crippen LogP contribution in [0.3, 0.4) is 0 Å². The van der Waals surface area contributed by atoms with Gasteiger partial charge in [-0.2, -0.15) is 0 Å². The lowest BCUT2D eigenvalue weighted by atomic mass is 10.1. The standard InChI is InChI=1S/C16H14FNO3S/c1-21-10-7-5-9(6-8-10)14-13(19)16(20)18-12-4-2-3-11(17)15(12)22-14/h2-8,13-14,19H,1H3,(H,18,20)/t13-,14-/m0/s1. The molecular weight excluding hydrogens is 305 g/mol. The van der Waals surface area contributed by atoms with Gasteiger partial charge in [-0.3, -0.25) is 4.79 Å². The second kappa shape index (κ2) is 5.98. The molecule has 0 aromatic heterocycles. The number of aliphatic hydroxyl groups is 1. The molecule has 114 valence electrons. The Morgan fingerprint density at radius 1 is 1.23 bits per heavy atom. The van der Waals surface area contributed by atoms with Crippen LogP contribution in [-0.4, -0.2) is 24.2 Å². The van der Waals surface area contributed by atoms with Crippen LogP contribution in [0, 0.1) is 5.82 Å². The van der Waals surface area contributed by atoms with Crippen molar-refractivity contribution in [2.24, 2.45) is 0 Å². The van der Waals surface area contributed by atoms with Crippen molar-refractivity contribution in [3.8, 4) is 5.75 Å². The minimum Gasteiger partial charge on any atom is -0.497 e. The van der Waals surface area contributed by atoms with Gasteiger partial charge in [-0.05, 0) is 29.8 Å². The molecule has 0 spiro atoms. The van der Waals surface area contributed by atoms with E-state index in [4.69, 9.17) is 4.74 Å². The number of aliphatic hydroxyl groups excluding tert-OH is 1. The predicted molar refractivity (Wildman–Crippen MR) is 82.6 cm³/mol. The summed E-state index contributed by atoms with van der Waals surface area (Å²) in [5.41, 5.74) is 1.11. The van der Waals surface area contributed by atoms with Crippen LogP contribution in [0.5, 0.6) is 5.75 Å². The molecule has 0 fully saturated rings. The molecule has 22 heavy (non-hydrogen) atoms. The Balaban J connectivity index is 2.02. The van der Waals surface area contributed by atoms with Gasteiger partial charge in [-0.1, -0.05) is 18.2 Å². The highest BCUT2D eigenvalue weighted by Gasteiger charge is 2.33. The molecule has 1 heterocycles. The fourth-order valence-corrected chi connectivity index (χ4v) is 3.53. The number of hydrogen-bond acceptors (Lipinski definition) is 4. The second-order valence-electron chi connectivity index (χ2n) is 4.86. The predicted octanol–water partition coefficient (Wildman–Crippen LogP) is 2.98. The zero-order valence-corrected chi connectivity index (χ0v) is 12.6. The smallest absolute Gasteiger partial charge is 0.254 e. The average molecular weight is 319 g/mol. The molecule has 2 aromatic rings. The van der Waals surface area contributed by atoms with Gasteiger partial charge in [0.1, 0.15) is 17.7 Å². The van der Waals surface area contributed by atoms with Crippen LogP contribution in [0.25, 0.3) is 0 Å². The van der Waals surface area contributed by atoms with Crippen molar-refractivity contribution >= 4 is 23.4 Å². The lowest BCUT2D eigenvalue weighted by Crippen LogP contribution is -2.30. The van der Waals surface area contributed by atoms with Crippen LogP contribution < -0.4 is 10.1 Å². The molecule has 2 aromatic carbocycles. The van der Waals surface area contributed by atoms with E-state index in [-0.39, 0.29) is 0 Å². The summed E-state index contributed by atoms with van der Waals surface area (Å²) >= 11 is 1.13. The average Bonchev–Trinajstić information content (AvgIpc) is 2.66. The molecule has 1 aliphatic heterocycles. The van der Waals surface area contributed by atoms with Crippen LogP contribution in [0.15, 0.2) is 47.4 Å². The van der Waals surface area contributed by atoms with Crippen LogP contribution >= 0.6 is 11.8 Å². The van der Waals surface area contributed by atoms with Gasteiger partial charge in [-0.25, -0.2) is 4.39 Å². The summed E-state index contributed by atoms with van der Waals surface area (Å²) in [6.45, 7) is 0. The summed E-state index contributed by atoms with van der Waals surface area (Å²) < 4.78 is 19.1. The fourth-order valence-electron chi connectivity index (χ4n) is 2.31. The number of benzene rings is 2. The summed E-state index contributed by atoms with van der Waals surface area (Å²) in [6, 6.07) is 11.5. The fraction of sp³-hybridized carbons (Fsp3) is 0.188. The lowest BCUT2D eigenvalue weighted by Gasteiger charge is -2.19. The summed E-state index contributed by atoms with van der Waals surface area (Å²) in [7, 11) is 1.56. The third-order valence-corrected chi connectivity index (χ3v) is 4.90. The van der Waals surface area contributed by atoms with Crippen molar-refractivity contribution in [1.82, 2.24) is 0 Å². The second-order valence-corrected chi connectivity index (χ2v) is 6.01. The van der Waals surface area contributed by atoms with Crippen molar-refractivity contribution in [2.75, 3.05) is 12.4 Å². The number of rotatable bonds is 2. The van der Waals surface area contributed by atoms with E-state index in [1.807, 2.05) is 0 Å². The molecule has 0 saturated carbocycles. The molecule has 0 radical (unpaired) electrons.